The van der Waals surface area contributed by atoms with Gasteiger partial charge in [0.2, 0.25) is 0 Å². The Morgan fingerprint density at radius 1 is 0.683 bits per heavy atom. The molecule has 0 radical (unpaired) electrons. The normalized spacial score (nSPS) is 15.0. The highest BCUT2D eigenvalue weighted by atomic mass is 16.5. The Hall–Kier alpha value is -4.55. The molecular weight excluding hydrogens is 536 g/mol. The van der Waals surface area contributed by atoms with Gasteiger partial charge in [-0.3, -0.25) is 4.79 Å². The summed E-state index contributed by atoms with van der Waals surface area (Å²) in [6.07, 6.45) is -9.68. The van der Waals surface area contributed by atoms with Crippen molar-refractivity contribution < 1.29 is 54.5 Å². The summed E-state index contributed by atoms with van der Waals surface area (Å²) in [4.78, 5) is 35.5. The second-order valence-electron chi connectivity index (χ2n) is 9.50. The predicted octanol–water partition coefficient (Wildman–Crippen LogP) is 2.25. The fourth-order valence-corrected chi connectivity index (χ4v) is 4.43. The average molecular weight is 565 g/mol. The number of carboxylic acids is 2. The Kier molecular flexibility index (Phi) is 8.84. The standard InChI is InChI=1S/C30H28O11/c1-15(31)28(41-24-13-19(30(38)39)11-17-7-3-5-9-21(17)24)27(35)26(34)25(33)22(32)14-40-23-12-18(29(36)37)10-16-6-2-4-8-20(16)23/h2-13,22,25-28,32-35H,14H2,1H3,(H,36,37)(H,38,39)/t22-,25+,26+,27-,28?/m1/s1. The van der Waals surface area contributed by atoms with Gasteiger partial charge < -0.3 is 40.1 Å². The number of ether oxygens (including phenoxy) is 2. The van der Waals surface area contributed by atoms with Crippen LogP contribution in [0.15, 0.2) is 72.8 Å². The summed E-state index contributed by atoms with van der Waals surface area (Å²) in [6.45, 7) is 0.477. The molecule has 0 bridgehead atoms. The maximum absolute atomic E-state index is 12.4. The number of hydrogen-bond acceptors (Lipinski definition) is 9. The van der Waals surface area contributed by atoms with Gasteiger partial charge in [-0.25, -0.2) is 9.59 Å². The van der Waals surface area contributed by atoms with E-state index in [0.717, 1.165) is 6.92 Å². The van der Waals surface area contributed by atoms with Gasteiger partial charge in [0.05, 0.1) is 11.1 Å². The molecule has 6 N–H and O–H groups in total. The molecule has 0 aliphatic carbocycles. The van der Waals surface area contributed by atoms with E-state index in [9.17, 15) is 45.0 Å². The van der Waals surface area contributed by atoms with Gasteiger partial charge in [-0.15, -0.1) is 0 Å². The number of carboxylic acid groups (broad SMARTS) is 2. The Morgan fingerprint density at radius 2 is 1.17 bits per heavy atom. The second-order valence-corrected chi connectivity index (χ2v) is 9.50. The van der Waals surface area contributed by atoms with Gasteiger partial charge in [0.15, 0.2) is 11.9 Å². The maximum Gasteiger partial charge on any atom is 0.335 e. The third-order valence-corrected chi connectivity index (χ3v) is 6.61. The minimum Gasteiger partial charge on any atom is -0.490 e. The number of aliphatic hydroxyl groups excluding tert-OH is 4. The average Bonchev–Trinajstić information content (AvgIpc) is 2.96. The van der Waals surface area contributed by atoms with E-state index in [-0.39, 0.29) is 22.6 Å². The van der Waals surface area contributed by atoms with Crippen LogP contribution in [0.3, 0.4) is 0 Å². The molecule has 5 atom stereocenters. The Balaban J connectivity index is 1.52. The van der Waals surface area contributed by atoms with Crippen molar-refractivity contribution in [3.63, 3.8) is 0 Å². The first kappa shape index (κ1) is 29.4. The van der Waals surface area contributed by atoms with Crippen LogP contribution in [0, 0.1) is 0 Å². The largest absolute Gasteiger partial charge is 0.490 e. The Morgan fingerprint density at radius 3 is 1.68 bits per heavy atom. The van der Waals surface area contributed by atoms with Crippen LogP contribution in [-0.4, -0.2) is 85.5 Å². The third kappa shape index (κ3) is 6.44. The predicted molar refractivity (Wildman–Crippen MR) is 146 cm³/mol. The number of rotatable bonds is 12. The van der Waals surface area contributed by atoms with Gasteiger partial charge >= 0.3 is 11.9 Å². The van der Waals surface area contributed by atoms with E-state index in [0.29, 0.717) is 21.5 Å². The van der Waals surface area contributed by atoms with Crippen molar-refractivity contribution in [3.05, 3.63) is 83.9 Å². The smallest absolute Gasteiger partial charge is 0.335 e. The van der Waals surface area contributed by atoms with Crippen molar-refractivity contribution in [1.82, 2.24) is 0 Å². The van der Waals surface area contributed by atoms with Crippen LogP contribution < -0.4 is 9.47 Å². The molecule has 41 heavy (non-hydrogen) atoms. The molecular formula is C30H28O11. The lowest BCUT2D eigenvalue weighted by Crippen LogP contribution is -2.53. The number of ketones is 1. The van der Waals surface area contributed by atoms with E-state index < -0.39 is 54.8 Å². The zero-order valence-corrected chi connectivity index (χ0v) is 21.7. The molecule has 11 heteroatoms. The third-order valence-electron chi connectivity index (χ3n) is 6.61. The van der Waals surface area contributed by atoms with Crippen molar-refractivity contribution in [3.8, 4) is 11.5 Å². The van der Waals surface area contributed by atoms with Crippen molar-refractivity contribution in [2.75, 3.05) is 6.61 Å². The molecule has 0 heterocycles. The first-order valence-electron chi connectivity index (χ1n) is 12.5. The van der Waals surface area contributed by atoms with Crippen molar-refractivity contribution in [2.45, 2.75) is 37.4 Å². The highest BCUT2D eigenvalue weighted by molar-refractivity contribution is 5.98. The molecule has 11 nitrogen and oxygen atoms in total. The lowest BCUT2D eigenvalue weighted by atomic mass is 9.97. The number of carbonyl (C=O) groups is 3. The van der Waals surface area contributed by atoms with Gasteiger partial charge in [0.1, 0.15) is 42.5 Å². The molecule has 0 aromatic heterocycles. The lowest BCUT2D eigenvalue weighted by molar-refractivity contribution is -0.149. The number of fused-ring (bicyclic) bond motifs is 2. The van der Waals surface area contributed by atoms with Crippen LogP contribution >= 0.6 is 0 Å². The Labute approximate surface area is 233 Å². The molecule has 1 unspecified atom stereocenters. The first-order chi connectivity index (χ1) is 19.5. The van der Waals surface area contributed by atoms with Crippen LogP contribution in [0.25, 0.3) is 21.5 Å². The summed E-state index contributed by atoms with van der Waals surface area (Å²) in [5.41, 5.74) is -0.201. The van der Waals surface area contributed by atoms with E-state index in [1.54, 1.807) is 48.5 Å². The van der Waals surface area contributed by atoms with Gasteiger partial charge in [-0.05, 0) is 42.0 Å². The minimum atomic E-state index is -2.10. The molecule has 214 valence electrons. The van der Waals surface area contributed by atoms with Gasteiger partial charge in [-0.2, -0.15) is 0 Å². The van der Waals surface area contributed by atoms with Crippen molar-refractivity contribution >= 4 is 39.3 Å². The number of Topliss-reactive ketones (excluding diaryl/α,β-unsaturated/α-hetero) is 1. The van der Waals surface area contributed by atoms with E-state index >= 15 is 0 Å². The second kappa shape index (κ2) is 12.3. The van der Waals surface area contributed by atoms with Gasteiger partial charge in [0, 0.05) is 10.8 Å². The lowest BCUT2D eigenvalue weighted by Gasteiger charge is -2.30. The Bertz CT molecular complexity index is 1600. The fraction of sp³-hybridized carbons (Fsp3) is 0.233. The maximum atomic E-state index is 12.4. The summed E-state index contributed by atoms with van der Waals surface area (Å²) in [5, 5.41) is 63.5. The van der Waals surface area contributed by atoms with Gasteiger partial charge in [-0.1, -0.05) is 48.5 Å². The fourth-order valence-electron chi connectivity index (χ4n) is 4.43. The number of aliphatic hydroxyl groups is 4. The zero-order valence-electron chi connectivity index (χ0n) is 21.7. The monoisotopic (exact) mass is 564 g/mol. The molecule has 4 aromatic rings. The number of carbonyl (C=O) groups excluding carboxylic acids is 1. The molecule has 0 spiro atoms. The number of aromatic carboxylic acids is 2. The molecule has 0 aliphatic rings. The molecule has 0 amide bonds. The highest BCUT2D eigenvalue weighted by Gasteiger charge is 2.39. The molecule has 0 fully saturated rings. The SMILES string of the molecule is CC(=O)C(Oc1cc(C(=O)O)cc2ccccc12)[C@H](O)[C@@H](O)[C@@H](O)[C@H](O)COc1cc(C(=O)O)cc2ccccc12. The molecule has 0 aliphatic heterocycles. The summed E-state index contributed by atoms with van der Waals surface area (Å²) < 4.78 is 11.3. The molecule has 0 saturated carbocycles. The summed E-state index contributed by atoms with van der Waals surface area (Å²) in [5.74, 6) is -3.12. The van der Waals surface area contributed by atoms with Crippen LogP contribution in [-0.2, 0) is 4.79 Å². The van der Waals surface area contributed by atoms with E-state index in [2.05, 4.69) is 0 Å². The van der Waals surface area contributed by atoms with Crippen molar-refractivity contribution in [2.24, 2.45) is 0 Å². The molecule has 0 saturated heterocycles. The number of hydrogen-bond donors (Lipinski definition) is 6. The quantitative estimate of drug-likeness (QED) is 0.148. The number of benzene rings is 4. The van der Waals surface area contributed by atoms with Crippen LogP contribution in [0.5, 0.6) is 11.5 Å². The van der Waals surface area contributed by atoms with Crippen molar-refractivity contribution in [1.29, 1.82) is 0 Å². The summed E-state index contributed by atoms with van der Waals surface area (Å²) >= 11 is 0. The van der Waals surface area contributed by atoms with E-state index in [4.69, 9.17) is 9.47 Å². The van der Waals surface area contributed by atoms with E-state index in [1.165, 1.54) is 24.3 Å². The van der Waals surface area contributed by atoms with E-state index in [1.807, 2.05) is 0 Å². The summed E-state index contributed by atoms with van der Waals surface area (Å²) in [7, 11) is 0. The zero-order chi connectivity index (χ0) is 29.8. The first-order valence-corrected chi connectivity index (χ1v) is 12.5. The topological polar surface area (TPSA) is 191 Å². The summed E-state index contributed by atoms with van der Waals surface area (Å²) in [6, 6.07) is 18.7. The highest BCUT2D eigenvalue weighted by Crippen LogP contribution is 2.31. The molecule has 4 rings (SSSR count). The van der Waals surface area contributed by atoms with Crippen LogP contribution in [0.1, 0.15) is 27.6 Å². The van der Waals surface area contributed by atoms with Crippen LogP contribution in [0.4, 0.5) is 0 Å². The van der Waals surface area contributed by atoms with Gasteiger partial charge in [0.25, 0.3) is 0 Å². The minimum absolute atomic E-state index is 0.0458. The molecule has 4 aromatic carbocycles. The van der Waals surface area contributed by atoms with Crippen LogP contribution in [0.2, 0.25) is 0 Å².